The van der Waals surface area contributed by atoms with Gasteiger partial charge >= 0.3 is 0 Å². The van der Waals surface area contributed by atoms with Crippen LogP contribution in [0.15, 0.2) is 40.8 Å². The van der Waals surface area contributed by atoms with Crippen LogP contribution in [-0.4, -0.2) is 14.5 Å². The Morgan fingerprint density at radius 2 is 1.52 bits per heavy atom. The lowest BCUT2D eigenvalue weighted by Gasteiger charge is -2.18. The summed E-state index contributed by atoms with van der Waals surface area (Å²) in [7, 11) is -3.46. The van der Waals surface area contributed by atoms with Crippen molar-refractivity contribution >= 4 is 10.0 Å². The van der Waals surface area contributed by atoms with Crippen LogP contribution in [0.5, 0.6) is 0 Å². The molecule has 1 atom stereocenters. The first kappa shape index (κ1) is 23.9. The third-order valence-corrected chi connectivity index (χ3v) is 6.41. The standard InChI is InChI=1S/C23H39NO2S/c1-5-6-7-8-9-10-11-12-13-22(17-14-20(2)3)24-27(25,26)23-18-15-21(4)16-19-23/h14-16,18-19,22,24H,5-13,17H2,1-4H3. The fraction of sp³-hybridized carbons (Fsp3) is 0.652. The highest BCUT2D eigenvalue weighted by Gasteiger charge is 2.19. The quantitative estimate of drug-likeness (QED) is 0.288. The maximum atomic E-state index is 12.7. The molecule has 0 radical (unpaired) electrons. The highest BCUT2D eigenvalue weighted by molar-refractivity contribution is 7.89. The maximum Gasteiger partial charge on any atom is 0.240 e. The highest BCUT2D eigenvalue weighted by Crippen LogP contribution is 2.16. The van der Waals surface area contributed by atoms with Crippen LogP contribution in [0.3, 0.4) is 0 Å². The van der Waals surface area contributed by atoms with Crippen molar-refractivity contribution in [3.63, 3.8) is 0 Å². The molecule has 1 N–H and O–H groups in total. The Hall–Kier alpha value is -1.13. The Morgan fingerprint density at radius 1 is 0.963 bits per heavy atom. The molecule has 0 spiro atoms. The molecule has 3 nitrogen and oxygen atoms in total. The second-order valence-electron chi connectivity index (χ2n) is 7.91. The smallest absolute Gasteiger partial charge is 0.208 e. The Labute approximate surface area is 167 Å². The molecule has 0 aromatic heterocycles. The zero-order chi connectivity index (χ0) is 20.1. The Kier molecular flexibility index (Phi) is 11.6. The van der Waals surface area contributed by atoms with Crippen molar-refractivity contribution in [3.05, 3.63) is 41.5 Å². The Morgan fingerprint density at radius 3 is 2.07 bits per heavy atom. The normalized spacial score (nSPS) is 12.7. The minimum absolute atomic E-state index is 0.0358. The summed E-state index contributed by atoms with van der Waals surface area (Å²) in [6.45, 7) is 8.32. The minimum Gasteiger partial charge on any atom is -0.208 e. The summed E-state index contributed by atoms with van der Waals surface area (Å²) in [5.41, 5.74) is 2.29. The van der Waals surface area contributed by atoms with Crippen LogP contribution in [0.2, 0.25) is 0 Å². The lowest BCUT2D eigenvalue weighted by atomic mass is 10.0. The van der Waals surface area contributed by atoms with E-state index in [2.05, 4.69) is 31.6 Å². The van der Waals surface area contributed by atoms with Gasteiger partial charge in [0, 0.05) is 6.04 Å². The number of hydrogen-bond donors (Lipinski definition) is 1. The van der Waals surface area contributed by atoms with Crippen LogP contribution in [0.1, 0.15) is 90.5 Å². The first-order valence-corrected chi connectivity index (χ1v) is 12.1. The average molecular weight is 394 g/mol. The molecule has 0 aliphatic rings. The second-order valence-corrected chi connectivity index (χ2v) is 9.63. The lowest BCUT2D eigenvalue weighted by molar-refractivity contribution is 0.493. The molecule has 0 saturated heterocycles. The van der Waals surface area contributed by atoms with Gasteiger partial charge in [-0.2, -0.15) is 0 Å². The summed E-state index contributed by atoms with van der Waals surface area (Å²) in [5.74, 6) is 0. The summed E-state index contributed by atoms with van der Waals surface area (Å²) < 4.78 is 28.3. The van der Waals surface area contributed by atoms with Gasteiger partial charge in [-0.25, -0.2) is 13.1 Å². The number of unbranched alkanes of at least 4 members (excludes halogenated alkanes) is 7. The minimum atomic E-state index is -3.46. The predicted molar refractivity (Wildman–Crippen MR) is 117 cm³/mol. The molecule has 27 heavy (non-hydrogen) atoms. The van der Waals surface area contributed by atoms with E-state index in [4.69, 9.17) is 0 Å². The molecule has 154 valence electrons. The first-order chi connectivity index (χ1) is 12.8. The Balaban J connectivity index is 2.53. The summed E-state index contributed by atoms with van der Waals surface area (Å²) >= 11 is 0. The molecule has 1 aromatic rings. The van der Waals surface area contributed by atoms with Gasteiger partial charge in [-0.3, -0.25) is 0 Å². The zero-order valence-electron chi connectivity index (χ0n) is 17.8. The summed E-state index contributed by atoms with van der Waals surface area (Å²) in [6, 6.07) is 7.03. The van der Waals surface area contributed by atoms with Gasteiger partial charge in [0.05, 0.1) is 4.90 Å². The fourth-order valence-corrected chi connectivity index (χ4v) is 4.42. The monoisotopic (exact) mass is 393 g/mol. The first-order valence-electron chi connectivity index (χ1n) is 10.6. The van der Waals surface area contributed by atoms with E-state index < -0.39 is 10.0 Å². The van der Waals surface area contributed by atoms with Gasteiger partial charge < -0.3 is 0 Å². The molecule has 1 rings (SSSR count). The molecule has 1 aromatic carbocycles. The number of benzene rings is 1. The molecule has 0 heterocycles. The van der Waals surface area contributed by atoms with Crippen LogP contribution in [0.25, 0.3) is 0 Å². The van der Waals surface area contributed by atoms with E-state index in [-0.39, 0.29) is 6.04 Å². The number of aryl methyl sites for hydroxylation is 1. The largest absolute Gasteiger partial charge is 0.240 e. The van der Waals surface area contributed by atoms with Gasteiger partial charge in [0.25, 0.3) is 0 Å². The van der Waals surface area contributed by atoms with Crippen molar-refractivity contribution in [2.24, 2.45) is 0 Å². The van der Waals surface area contributed by atoms with E-state index in [0.29, 0.717) is 4.90 Å². The lowest BCUT2D eigenvalue weighted by Crippen LogP contribution is -2.34. The van der Waals surface area contributed by atoms with Gasteiger partial charge in [0.15, 0.2) is 0 Å². The van der Waals surface area contributed by atoms with Crippen molar-refractivity contribution in [3.8, 4) is 0 Å². The summed E-state index contributed by atoms with van der Waals surface area (Å²) in [5, 5.41) is 0. The van der Waals surface area contributed by atoms with E-state index in [1.165, 1.54) is 50.5 Å². The molecule has 0 fully saturated rings. The van der Waals surface area contributed by atoms with Crippen molar-refractivity contribution in [2.45, 2.75) is 103 Å². The number of nitrogens with one attached hydrogen (secondary N) is 1. The Bertz CT molecular complexity index is 643. The van der Waals surface area contributed by atoms with Gasteiger partial charge in [-0.05, 0) is 45.7 Å². The van der Waals surface area contributed by atoms with Crippen LogP contribution >= 0.6 is 0 Å². The molecule has 1 unspecified atom stereocenters. The van der Waals surface area contributed by atoms with E-state index >= 15 is 0 Å². The van der Waals surface area contributed by atoms with Crippen molar-refractivity contribution in [1.29, 1.82) is 0 Å². The van der Waals surface area contributed by atoms with Crippen molar-refractivity contribution < 1.29 is 8.42 Å². The SMILES string of the molecule is CCCCCCCCCCC(CC=C(C)C)NS(=O)(=O)c1ccc(C)cc1. The van der Waals surface area contributed by atoms with E-state index in [1.54, 1.807) is 12.1 Å². The molecule has 0 aliphatic heterocycles. The third kappa shape index (κ3) is 10.7. The van der Waals surface area contributed by atoms with Crippen LogP contribution in [-0.2, 0) is 10.0 Å². The van der Waals surface area contributed by atoms with Gasteiger partial charge in [0.1, 0.15) is 0 Å². The summed E-state index contributed by atoms with van der Waals surface area (Å²) in [6.07, 6.45) is 13.9. The number of sulfonamides is 1. The molecule has 0 bridgehead atoms. The molecule has 0 amide bonds. The molecule has 0 aliphatic carbocycles. The molecule has 4 heteroatoms. The average Bonchev–Trinajstić information content (AvgIpc) is 2.61. The topological polar surface area (TPSA) is 46.2 Å². The summed E-state index contributed by atoms with van der Waals surface area (Å²) in [4.78, 5) is 0.353. The maximum absolute atomic E-state index is 12.7. The van der Waals surface area contributed by atoms with Gasteiger partial charge in [-0.15, -0.1) is 0 Å². The van der Waals surface area contributed by atoms with Crippen molar-refractivity contribution in [1.82, 2.24) is 4.72 Å². The fourth-order valence-electron chi connectivity index (χ4n) is 3.13. The van der Waals surface area contributed by atoms with Gasteiger partial charge in [0.2, 0.25) is 10.0 Å². The van der Waals surface area contributed by atoms with Crippen LogP contribution < -0.4 is 4.72 Å². The number of allylic oxidation sites excluding steroid dienone is 1. The predicted octanol–water partition coefficient (Wildman–Crippen LogP) is 6.53. The molecular weight excluding hydrogens is 354 g/mol. The van der Waals surface area contributed by atoms with E-state index in [9.17, 15) is 8.42 Å². The number of hydrogen-bond acceptors (Lipinski definition) is 2. The molecular formula is C23H39NO2S. The highest BCUT2D eigenvalue weighted by atomic mass is 32.2. The number of rotatable bonds is 14. The van der Waals surface area contributed by atoms with Gasteiger partial charge in [-0.1, -0.05) is 87.6 Å². The second kappa shape index (κ2) is 13.1. The van der Waals surface area contributed by atoms with Crippen LogP contribution in [0, 0.1) is 6.92 Å². The van der Waals surface area contributed by atoms with Crippen molar-refractivity contribution in [2.75, 3.05) is 0 Å². The molecule has 0 saturated carbocycles. The van der Waals surface area contributed by atoms with E-state index in [1.807, 2.05) is 19.1 Å². The zero-order valence-corrected chi connectivity index (χ0v) is 18.6. The van der Waals surface area contributed by atoms with E-state index in [0.717, 1.165) is 24.8 Å². The van der Waals surface area contributed by atoms with Crippen LogP contribution in [0.4, 0.5) is 0 Å². The third-order valence-electron chi connectivity index (χ3n) is 4.87.